The molecule has 158 valence electrons. The first-order valence-corrected chi connectivity index (χ1v) is 10.6. The number of carbonyl (C=O) groups is 1. The van der Waals surface area contributed by atoms with Crippen molar-refractivity contribution in [3.63, 3.8) is 0 Å². The van der Waals surface area contributed by atoms with E-state index in [1.807, 2.05) is 54.2 Å². The second kappa shape index (κ2) is 9.04. The van der Waals surface area contributed by atoms with Crippen LogP contribution in [-0.2, 0) is 17.8 Å². The molecule has 4 rings (SSSR count). The molecule has 1 N–H and O–H groups in total. The van der Waals surface area contributed by atoms with E-state index in [0.29, 0.717) is 6.42 Å². The molecule has 1 unspecified atom stereocenters. The third-order valence-corrected chi connectivity index (χ3v) is 5.50. The molecule has 3 aromatic carbocycles. The van der Waals surface area contributed by atoms with Gasteiger partial charge in [0.1, 0.15) is 11.9 Å². The number of carboxylic acid groups (broad SMARTS) is 1. The van der Waals surface area contributed by atoms with E-state index < -0.39 is 5.97 Å². The molecule has 31 heavy (non-hydrogen) atoms. The van der Waals surface area contributed by atoms with Gasteiger partial charge in [0.05, 0.1) is 11.7 Å². The summed E-state index contributed by atoms with van der Waals surface area (Å²) in [7, 11) is 0. The predicted octanol–water partition coefficient (Wildman–Crippen LogP) is 5.88. The maximum atomic E-state index is 11.0. The number of ether oxygens (including phenoxy) is 1. The summed E-state index contributed by atoms with van der Waals surface area (Å²) >= 11 is 0. The van der Waals surface area contributed by atoms with E-state index in [0.717, 1.165) is 45.5 Å². The minimum Gasteiger partial charge on any atom is -0.485 e. The van der Waals surface area contributed by atoms with Crippen molar-refractivity contribution in [3.8, 4) is 16.9 Å². The van der Waals surface area contributed by atoms with Gasteiger partial charge >= 0.3 is 5.97 Å². The van der Waals surface area contributed by atoms with Crippen LogP contribution >= 0.6 is 0 Å². The van der Waals surface area contributed by atoms with Gasteiger partial charge in [0, 0.05) is 23.9 Å². The van der Waals surface area contributed by atoms with Crippen LogP contribution in [0.3, 0.4) is 0 Å². The van der Waals surface area contributed by atoms with Gasteiger partial charge in [-0.05, 0) is 61.2 Å². The number of nitrogens with zero attached hydrogens (tertiary/aromatic N) is 2. The number of benzene rings is 3. The van der Waals surface area contributed by atoms with Gasteiger partial charge in [-0.1, -0.05) is 42.5 Å². The Bertz CT molecular complexity index is 1200. The summed E-state index contributed by atoms with van der Waals surface area (Å²) in [5.41, 5.74) is 5.14. The molecule has 0 fully saturated rings. The van der Waals surface area contributed by atoms with Gasteiger partial charge < -0.3 is 9.84 Å². The molecule has 0 spiro atoms. The lowest BCUT2D eigenvalue weighted by Gasteiger charge is -2.19. The Hall–Kier alpha value is -3.60. The van der Waals surface area contributed by atoms with Gasteiger partial charge in [-0.15, -0.1) is 0 Å². The van der Waals surface area contributed by atoms with E-state index in [9.17, 15) is 4.79 Å². The molecule has 1 aromatic heterocycles. The van der Waals surface area contributed by atoms with Gasteiger partial charge in [0.15, 0.2) is 0 Å². The highest BCUT2D eigenvalue weighted by Crippen LogP contribution is 2.35. The molecule has 1 atom stereocenters. The van der Waals surface area contributed by atoms with Gasteiger partial charge in [0.25, 0.3) is 0 Å². The van der Waals surface area contributed by atoms with Gasteiger partial charge in [-0.2, -0.15) is 5.10 Å². The lowest BCUT2D eigenvalue weighted by atomic mass is 9.98. The van der Waals surface area contributed by atoms with Crippen molar-refractivity contribution in [1.29, 1.82) is 0 Å². The lowest BCUT2D eigenvalue weighted by molar-refractivity contribution is -0.136. The van der Waals surface area contributed by atoms with Crippen molar-refractivity contribution in [2.45, 2.75) is 39.3 Å². The minimum atomic E-state index is -0.798. The molecule has 0 aliphatic carbocycles. The summed E-state index contributed by atoms with van der Waals surface area (Å²) in [6.07, 6.45) is 2.34. The van der Waals surface area contributed by atoms with Crippen LogP contribution in [0.25, 0.3) is 22.0 Å². The first kappa shape index (κ1) is 20.7. The SMILES string of the molecule is CCn1ncc2cc(-c3cc(CCC(=O)O)ccc3OC(C)c3ccccc3)ccc21. The molecule has 0 saturated carbocycles. The molecule has 0 amide bonds. The standard InChI is InChI=1S/C26H26N2O3/c1-3-28-24-12-11-21(16-22(24)17-27-28)23-15-19(10-14-26(29)30)9-13-25(23)31-18(2)20-7-5-4-6-8-20/h4-9,11-13,15-18H,3,10,14H2,1-2H3,(H,29,30). The molecule has 0 aliphatic heterocycles. The van der Waals surface area contributed by atoms with Crippen LogP contribution in [0.1, 0.15) is 37.5 Å². The Labute approximate surface area is 181 Å². The van der Waals surface area contributed by atoms with Crippen LogP contribution in [0.2, 0.25) is 0 Å². The molecule has 0 bridgehead atoms. The first-order valence-electron chi connectivity index (χ1n) is 10.6. The van der Waals surface area contributed by atoms with E-state index in [2.05, 4.69) is 42.4 Å². The van der Waals surface area contributed by atoms with Crippen molar-refractivity contribution in [3.05, 3.63) is 84.1 Å². The third kappa shape index (κ3) is 4.61. The number of hydrogen-bond donors (Lipinski definition) is 1. The third-order valence-electron chi connectivity index (χ3n) is 5.50. The van der Waals surface area contributed by atoms with Crippen molar-refractivity contribution in [2.24, 2.45) is 0 Å². The normalized spacial score (nSPS) is 12.1. The summed E-state index contributed by atoms with van der Waals surface area (Å²) < 4.78 is 8.34. The van der Waals surface area contributed by atoms with Crippen LogP contribution in [0.4, 0.5) is 0 Å². The zero-order chi connectivity index (χ0) is 21.8. The van der Waals surface area contributed by atoms with Crippen molar-refractivity contribution in [2.75, 3.05) is 0 Å². The van der Waals surface area contributed by atoms with Gasteiger partial charge in [-0.3, -0.25) is 9.48 Å². The summed E-state index contributed by atoms with van der Waals surface area (Å²) in [5.74, 6) is -0.0226. The maximum Gasteiger partial charge on any atom is 0.303 e. The fraction of sp³-hybridized carbons (Fsp3) is 0.231. The van der Waals surface area contributed by atoms with E-state index >= 15 is 0 Å². The fourth-order valence-electron chi connectivity index (χ4n) is 3.80. The Morgan fingerprint density at radius 3 is 2.65 bits per heavy atom. The molecule has 1 heterocycles. The largest absolute Gasteiger partial charge is 0.485 e. The van der Waals surface area contributed by atoms with E-state index in [4.69, 9.17) is 9.84 Å². The number of hydrogen-bond acceptors (Lipinski definition) is 3. The second-order valence-corrected chi connectivity index (χ2v) is 7.63. The Morgan fingerprint density at radius 2 is 1.90 bits per heavy atom. The zero-order valence-corrected chi connectivity index (χ0v) is 17.8. The molecule has 0 radical (unpaired) electrons. The van der Waals surface area contributed by atoms with Crippen molar-refractivity contribution < 1.29 is 14.6 Å². The number of aliphatic carboxylic acids is 1. The average molecular weight is 415 g/mol. The van der Waals surface area contributed by atoms with Crippen molar-refractivity contribution in [1.82, 2.24) is 9.78 Å². The highest BCUT2D eigenvalue weighted by molar-refractivity contribution is 5.86. The summed E-state index contributed by atoms with van der Waals surface area (Å²) in [5, 5.41) is 14.6. The molecular weight excluding hydrogens is 388 g/mol. The Kier molecular flexibility index (Phi) is 6.03. The van der Waals surface area contributed by atoms with E-state index in [1.165, 1.54) is 0 Å². The predicted molar refractivity (Wildman–Crippen MR) is 122 cm³/mol. The zero-order valence-electron chi connectivity index (χ0n) is 17.8. The topological polar surface area (TPSA) is 64.4 Å². The first-order chi connectivity index (χ1) is 15.0. The number of rotatable bonds is 8. The highest BCUT2D eigenvalue weighted by Gasteiger charge is 2.14. The van der Waals surface area contributed by atoms with E-state index in [1.54, 1.807) is 0 Å². The summed E-state index contributed by atoms with van der Waals surface area (Å²) in [4.78, 5) is 11.0. The quantitative estimate of drug-likeness (QED) is 0.391. The highest BCUT2D eigenvalue weighted by atomic mass is 16.5. The molecular formula is C26H26N2O3. The van der Waals surface area contributed by atoms with Crippen LogP contribution in [-0.4, -0.2) is 20.9 Å². The molecule has 5 nitrogen and oxygen atoms in total. The lowest BCUT2D eigenvalue weighted by Crippen LogP contribution is -2.04. The van der Waals surface area contributed by atoms with Crippen molar-refractivity contribution >= 4 is 16.9 Å². The van der Waals surface area contributed by atoms with Crippen LogP contribution in [0.15, 0.2) is 72.9 Å². The van der Waals surface area contributed by atoms with E-state index in [-0.39, 0.29) is 12.5 Å². The van der Waals surface area contributed by atoms with Gasteiger partial charge in [-0.25, -0.2) is 0 Å². The molecule has 5 heteroatoms. The minimum absolute atomic E-state index is 0.0996. The number of fused-ring (bicyclic) bond motifs is 1. The Morgan fingerprint density at radius 1 is 1.10 bits per heavy atom. The van der Waals surface area contributed by atoms with Gasteiger partial charge in [0.2, 0.25) is 0 Å². The molecule has 0 saturated heterocycles. The Balaban J connectivity index is 1.73. The number of aromatic nitrogens is 2. The number of aryl methyl sites for hydroxylation is 2. The van der Waals surface area contributed by atoms with Crippen LogP contribution in [0, 0.1) is 0 Å². The monoisotopic (exact) mass is 414 g/mol. The maximum absolute atomic E-state index is 11.0. The smallest absolute Gasteiger partial charge is 0.303 e. The van der Waals surface area contributed by atoms with Crippen LogP contribution in [0.5, 0.6) is 5.75 Å². The number of carboxylic acids is 1. The summed E-state index contributed by atoms with van der Waals surface area (Å²) in [6, 6.07) is 22.3. The molecule has 0 aliphatic rings. The second-order valence-electron chi connectivity index (χ2n) is 7.63. The summed E-state index contributed by atoms with van der Waals surface area (Å²) in [6.45, 7) is 4.92. The average Bonchev–Trinajstić information content (AvgIpc) is 3.21. The van der Waals surface area contributed by atoms with Crippen LogP contribution < -0.4 is 4.74 Å². The fourth-order valence-corrected chi connectivity index (χ4v) is 3.80. The molecule has 4 aromatic rings.